The highest BCUT2D eigenvalue weighted by molar-refractivity contribution is 6.32. The van der Waals surface area contributed by atoms with Crippen LogP contribution in [0.1, 0.15) is 16.9 Å². The summed E-state index contributed by atoms with van der Waals surface area (Å²) in [4.78, 5) is 26.8. The van der Waals surface area contributed by atoms with Crippen molar-refractivity contribution in [2.75, 3.05) is 69.4 Å². The third-order valence-corrected chi connectivity index (χ3v) is 6.69. The molecule has 2 aliphatic rings. The molecular weight excluding hydrogens is 461 g/mol. The van der Waals surface area contributed by atoms with Gasteiger partial charge in [0.15, 0.2) is 17.4 Å². The van der Waals surface area contributed by atoms with Crippen LogP contribution in [-0.2, 0) is 4.74 Å². The van der Waals surface area contributed by atoms with Gasteiger partial charge in [0.2, 0.25) is 0 Å². The van der Waals surface area contributed by atoms with E-state index < -0.39 is 5.82 Å². The van der Waals surface area contributed by atoms with Crippen molar-refractivity contribution >= 4 is 39.9 Å². The molecule has 2 aromatic heterocycles. The van der Waals surface area contributed by atoms with Crippen LogP contribution in [0.5, 0.6) is 5.75 Å². The van der Waals surface area contributed by atoms with Crippen molar-refractivity contribution in [2.24, 2.45) is 0 Å². The van der Waals surface area contributed by atoms with E-state index in [2.05, 4.69) is 19.8 Å². The molecule has 10 heteroatoms. The molecule has 180 valence electrons. The summed E-state index contributed by atoms with van der Waals surface area (Å²) in [5, 5.41) is 0.690. The summed E-state index contributed by atoms with van der Waals surface area (Å²) in [6.45, 7) is 5.05. The van der Waals surface area contributed by atoms with Gasteiger partial charge in [-0.15, -0.1) is 0 Å². The van der Waals surface area contributed by atoms with Crippen molar-refractivity contribution in [1.29, 1.82) is 0 Å². The number of aromatic amines is 1. The Kier molecular flexibility index (Phi) is 6.47. The summed E-state index contributed by atoms with van der Waals surface area (Å²) < 4.78 is 25.9. The number of ether oxygens (including phenoxy) is 2. The molecule has 0 saturated carbocycles. The van der Waals surface area contributed by atoms with Crippen LogP contribution >= 0.6 is 11.6 Å². The second-order valence-electron chi connectivity index (χ2n) is 8.42. The molecule has 0 unspecified atom stereocenters. The van der Waals surface area contributed by atoms with E-state index in [-0.39, 0.29) is 16.4 Å². The number of benzene rings is 1. The summed E-state index contributed by atoms with van der Waals surface area (Å²) >= 11 is 6.22. The monoisotopic (exact) mass is 487 g/mol. The Labute approximate surface area is 202 Å². The van der Waals surface area contributed by atoms with E-state index in [0.717, 1.165) is 24.5 Å². The number of piperazine rings is 1. The Morgan fingerprint density at radius 2 is 1.97 bits per heavy atom. The molecule has 5 rings (SSSR count). The Morgan fingerprint density at radius 3 is 2.76 bits per heavy atom. The van der Waals surface area contributed by atoms with Crippen molar-refractivity contribution in [1.82, 2.24) is 14.9 Å². The molecule has 34 heavy (non-hydrogen) atoms. The number of H-pyrrole nitrogens is 1. The number of hydrogen-bond donors (Lipinski definition) is 1. The van der Waals surface area contributed by atoms with Gasteiger partial charge in [-0.25, -0.2) is 9.37 Å². The molecule has 1 aromatic carbocycles. The van der Waals surface area contributed by atoms with Gasteiger partial charge in [0, 0.05) is 63.1 Å². The maximum atomic E-state index is 14.9. The number of rotatable bonds is 4. The molecule has 1 amide bonds. The lowest BCUT2D eigenvalue weighted by Crippen LogP contribution is -2.49. The number of aromatic nitrogens is 2. The molecule has 2 fully saturated rings. The molecule has 0 atom stereocenters. The SMILES string of the molecule is COc1cccnc1N1CCN(C(=O)c2cc3c(N4CCCOCC4)cc(Cl)c(F)c3[nH]2)CC1. The lowest BCUT2D eigenvalue weighted by molar-refractivity contribution is 0.0741. The number of fused-ring (bicyclic) bond motifs is 1. The highest BCUT2D eigenvalue weighted by Crippen LogP contribution is 2.35. The van der Waals surface area contributed by atoms with Gasteiger partial charge >= 0.3 is 0 Å². The first-order chi connectivity index (χ1) is 16.6. The first-order valence-electron chi connectivity index (χ1n) is 11.4. The van der Waals surface area contributed by atoms with Crippen LogP contribution < -0.4 is 14.5 Å². The van der Waals surface area contributed by atoms with Crippen LogP contribution in [0.4, 0.5) is 15.9 Å². The Bertz CT molecular complexity index is 1190. The number of carbonyl (C=O) groups is 1. The minimum atomic E-state index is -0.544. The fourth-order valence-electron chi connectivity index (χ4n) is 4.64. The van der Waals surface area contributed by atoms with Gasteiger partial charge in [-0.3, -0.25) is 4.79 Å². The van der Waals surface area contributed by atoms with E-state index in [1.54, 1.807) is 30.3 Å². The van der Waals surface area contributed by atoms with Crippen molar-refractivity contribution in [3.05, 3.63) is 47.0 Å². The average Bonchev–Trinajstić information content (AvgIpc) is 3.14. The molecule has 8 nitrogen and oxygen atoms in total. The molecule has 0 bridgehead atoms. The van der Waals surface area contributed by atoms with Crippen molar-refractivity contribution in [2.45, 2.75) is 6.42 Å². The van der Waals surface area contributed by atoms with Crippen LogP contribution in [0, 0.1) is 5.82 Å². The molecule has 0 radical (unpaired) electrons. The number of nitrogens with one attached hydrogen (secondary N) is 1. The molecule has 0 spiro atoms. The van der Waals surface area contributed by atoms with E-state index in [4.69, 9.17) is 21.1 Å². The summed E-state index contributed by atoms with van der Waals surface area (Å²) in [5.41, 5.74) is 1.43. The number of pyridine rings is 1. The number of hydrogen-bond acceptors (Lipinski definition) is 6. The fourth-order valence-corrected chi connectivity index (χ4v) is 4.84. The highest BCUT2D eigenvalue weighted by Gasteiger charge is 2.27. The van der Waals surface area contributed by atoms with E-state index in [9.17, 15) is 9.18 Å². The zero-order valence-electron chi connectivity index (χ0n) is 19.0. The third-order valence-electron chi connectivity index (χ3n) is 6.42. The van der Waals surface area contributed by atoms with E-state index in [1.165, 1.54) is 0 Å². The number of amides is 1. The number of anilines is 2. The van der Waals surface area contributed by atoms with Gasteiger partial charge in [0.05, 0.1) is 24.3 Å². The largest absolute Gasteiger partial charge is 0.493 e. The molecule has 4 heterocycles. The molecule has 3 aromatic rings. The van der Waals surface area contributed by atoms with Gasteiger partial charge in [0.1, 0.15) is 5.69 Å². The summed E-state index contributed by atoms with van der Waals surface area (Å²) in [6, 6.07) is 7.09. The lowest BCUT2D eigenvalue weighted by Gasteiger charge is -2.35. The molecule has 1 N–H and O–H groups in total. The van der Waals surface area contributed by atoms with Gasteiger partial charge in [0.25, 0.3) is 5.91 Å². The van der Waals surface area contributed by atoms with Crippen LogP contribution in [0.2, 0.25) is 5.02 Å². The van der Waals surface area contributed by atoms with Crippen LogP contribution in [-0.4, -0.2) is 80.4 Å². The van der Waals surface area contributed by atoms with Gasteiger partial charge in [-0.1, -0.05) is 11.6 Å². The maximum Gasteiger partial charge on any atom is 0.270 e. The zero-order chi connectivity index (χ0) is 23.7. The van der Waals surface area contributed by atoms with Crippen LogP contribution in [0.25, 0.3) is 10.9 Å². The first kappa shape index (κ1) is 22.7. The summed E-state index contributed by atoms with van der Waals surface area (Å²) in [6.07, 6.45) is 2.60. The highest BCUT2D eigenvalue weighted by atomic mass is 35.5. The standard InChI is InChI=1S/C24H27ClFN5O3/c1-33-20-4-2-5-27-23(20)30-7-9-31(10-8-30)24(32)18-14-16-19(29-6-3-12-34-13-11-29)15-17(25)21(26)22(16)28-18/h2,4-5,14-15,28H,3,6-13H2,1H3. The smallest absolute Gasteiger partial charge is 0.270 e. The topological polar surface area (TPSA) is 73.9 Å². The first-order valence-corrected chi connectivity index (χ1v) is 11.8. The summed E-state index contributed by atoms with van der Waals surface area (Å²) in [7, 11) is 1.62. The number of carbonyl (C=O) groups excluding carboxylic acids is 1. The van der Waals surface area contributed by atoms with E-state index in [1.807, 2.05) is 12.1 Å². The predicted octanol–water partition coefficient (Wildman–Crippen LogP) is 3.55. The van der Waals surface area contributed by atoms with Crippen molar-refractivity contribution in [3.63, 3.8) is 0 Å². The Hall–Kier alpha value is -3.04. The fraction of sp³-hybridized carbons (Fsp3) is 0.417. The molecule has 0 aliphatic carbocycles. The Balaban J connectivity index is 1.38. The number of halogens is 2. The molecule has 2 aliphatic heterocycles. The quantitative estimate of drug-likeness (QED) is 0.606. The lowest BCUT2D eigenvalue weighted by atomic mass is 10.1. The van der Waals surface area contributed by atoms with Gasteiger partial charge < -0.3 is 29.2 Å². The van der Waals surface area contributed by atoms with Crippen molar-refractivity contribution < 1.29 is 18.7 Å². The summed E-state index contributed by atoms with van der Waals surface area (Å²) in [5.74, 6) is 0.768. The van der Waals surface area contributed by atoms with Crippen molar-refractivity contribution in [3.8, 4) is 5.75 Å². The minimum Gasteiger partial charge on any atom is -0.493 e. The van der Waals surface area contributed by atoms with E-state index >= 15 is 0 Å². The number of methoxy groups -OCH3 is 1. The van der Waals surface area contributed by atoms with Gasteiger partial charge in [-0.05, 0) is 30.7 Å². The third kappa shape index (κ3) is 4.25. The van der Waals surface area contributed by atoms with Gasteiger partial charge in [-0.2, -0.15) is 0 Å². The van der Waals surface area contributed by atoms with Crippen LogP contribution in [0.3, 0.4) is 0 Å². The van der Waals surface area contributed by atoms with E-state index in [0.29, 0.717) is 62.8 Å². The second kappa shape index (κ2) is 9.68. The second-order valence-corrected chi connectivity index (χ2v) is 8.83. The average molecular weight is 488 g/mol. The minimum absolute atomic E-state index is 0.0337. The Morgan fingerprint density at radius 1 is 1.15 bits per heavy atom. The molecule has 2 saturated heterocycles. The maximum absolute atomic E-state index is 14.9. The number of nitrogens with zero attached hydrogens (tertiary/aromatic N) is 4. The normalized spacial score (nSPS) is 17.2. The predicted molar refractivity (Wildman–Crippen MR) is 130 cm³/mol. The zero-order valence-corrected chi connectivity index (χ0v) is 19.8. The molecular formula is C24H27ClFN5O3. The van der Waals surface area contributed by atoms with Crippen LogP contribution in [0.15, 0.2) is 30.5 Å².